The van der Waals surface area contributed by atoms with Crippen LogP contribution in [0.4, 0.5) is 0 Å². The lowest BCUT2D eigenvalue weighted by molar-refractivity contribution is -0.671. The molecule has 0 spiro atoms. The molecule has 0 saturated heterocycles. The molecule has 0 bridgehead atoms. The first-order valence-corrected chi connectivity index (χ1v) is 44.1. The lowest BCUT2D eigenvalue weighted by atomic mass is 9.97. The van der Waals surface area contributed by atoms with E-state index in [-0.39, 0.29) is 64.4 Å². The van der Waals surface area contributed by atoms with E-state index >= 15 is 0 Å². The molecule has 7 heteroatoms. The number of pyridine rings is 3. The van der Waals surface area contributed by atoms with E-state index in [9.17, 15) is 4.79 Å². The Labute approximate surface area is 817 Å². The third-order valence-corrected chi connectivity index (χ3v) is 20.9. The number of benzene rings is 13. The molecule has 7 nitrogen and oxygen atoms in total. The summed E-state index contributed by atoms with van der Waals surface area (Å²) in [5, 5.41) is 15.3. The minimum atomic E-state index is 0. The van der Waals surface area contributed by atoms with Crippen LogP contribution in [0.3, 0.4) is 0 Å². The Morgan fingerprint density at radius 3 is 1.19 bits per heavy atom. The van der Waals surface area contributed by atoms with Crippen LogP contribution in [0, 0.1) is 111 Å². The van der Waals surface area contributed by atoms with E-state index in [0.29, 0.717) is 11.5 Å². The number of allylic oxidation sites excluding steroid dienone is 1. The Morgan fingerprint density at radius 1 is 0.336 bits per heavy atom. The molecule has 1 N–H and O–H groups in total. The fourth-order valence-corrected chi connectivity index (χ4v) is 12.8. The van der Waals surface area contributed by atoms with Gasteiger partial charge in [0.05, 0.1) is 20.8 Å². The summed E-state index contributed by atoms with van der Waals surface area (Å²) in [4.78, 5) is 11.0. The highest BCUT2D eigenvalue weighted by molar-refractivity contribution is 5.94. The largest absolute Gasteiger partial charge is 0.497 e. The SMILES string of the molecule is C.C.C.C.C.C.C.C=C(CC)c1ccc(C)cc1.CCc1ccc(C)cc1.COc1cc(C(C)=O)ccc1C.COc1ccc(C)cc1.C[n+]1ccc2ccccc2c1.C[n+]1cccc2ccccc21.C[n+]1ccccc1.Cc1cc(C)cc(C)c1.Cc1ccc(C(C)C)c(C)c1.Cc1ccc(C)cc1.Cc1ccc(CO)cc1C.Cc1cccc2ccccc12.Cc1ccccc1C. The van der Waals surface area contributed by atoms with Gasteiger partial charge < -0.3 is 14.6 Å². The Hall–Kier alpha value is -12.9. The first-order chi connectivity index (χ1) is 60.7. The van der Waals surface area contributed by atoms with Crippen molar-refractivity contribution in [2.24, 2.45) is 21.1 Å². The molecular weight excluding hydrogens is 1630 g/mol. The van der Waals surface area contributed by atoms with E-state index in [0.717, 1.165) is 35.5 Å². The predicted molar refractivity (Wildman–Crippen MR) is 595 cm³/mol. The zero-order valence-corrected chi connectivity index (χ0v) is 81.4. The number of hydrogen-bond acceptors (Lipinski definition) is 4. The molecule has 718 valence electrons. The van der Waals surface area contributed by atoms with Gasteiger partial charge in [0.25, 0.3) is 0 Å². The van der Waals surface area contributed by atoms with Crippen LogP contribution in [-0.2, 0) is 34.2 Å². The highest BCUT2D eigenvalue weighted by Crippen LogP contribution is 2.23. The Balaban J connectivity index is -0.000000682. The van der Waals surface area contributed by atoms with Crippen molar-refractivity contribution in [1.82, 2.24) is 0 Å². The van der Waals surface area contributed by atoms with Gasteiger partial charge in [-0.1, -0.05) is 391 Å². The Bertz CT molecular complexity index is 5620. The van der Waals surface area contributed by atoms with Gasteiger partial charge in [-0.25, -0.2) is 13.7 Å². The first-order valence-electron chi connectivity index (χ1n) is 44.1. The van der Waals surface area contributed by atoms with Crippen molar-refractivity contribution in [2.45, 2.75) is 223 Å². The number of aromatic nitrogens is 3. The number of methoxy groups -OCH3 is 2. The van der Waals surface area contributed by atoms with Crippen LogP contribution in [0.25, 0.3) is 38.0 Å². The molecule has 3 heterocycles. The molecule has 0 aliphatic rings. The lowest BCUT2D eigenvalue weighted by Crippen LogP contribution is -2.27. The van der Waals surface area contributed by atoms with Crippen molar-refractivity contribution in [1.29, 1.82) is 0 Å². The molecule has 0 fully saturated rings. The van der Waals surface area contributed by atoms with Gasteiger partial charge in [0.2, 0.25) is 5.52 Å². The standard InChI is InChI=1S/C11H10.C11H16.C11H14.2C10H10N.C10H12O2.C9H12O.2C9H12.C8H10O.2C8H10.C6H8N.7CH4/c1-9-5-4-7-10-6-2-3-8-11(9)10;1-8(2)11-6-5-9(3)7-10(11)4;1-4-10(3)11-7-5-9(2)6-8-11;1-11-8-4-6-9-5-2-3-7-10(9)11;1-11-7-6-9-4-2-3-5-10(9)8-11;1-7-4-5-9(8(2)11)6-10(7)12-3;1-7-3-4-9(6-10)5-8(7)2;1-7-4-8(2)6-9(3)5-7;1-3-9-6-4-8(2)5-7-9;1-7-3-5-8(9-2)6-4-7;1-7-3-5-8(2)6-4-7;1-7-5-3-4-6-8(7)2;1-7-5-3-2-4-6-7;;;;;;;/h2-8H,1H3;5-8H,1-4H3;5-8H,3-4H2,1-2H3;2*2-8H,1H3;4-6H,1-3H3;3-5,10H,6H2,1-2H3;4-6H,1-3H3;4-7H,3H2,1-2H3;3-6H,1-2H3;2*3-6H,1-2H3;2-6H,1H3;7*1H4/q;;;2*+1;;;;;;;;+1;;;;;;;. The summed E-state index contributed by atoms with van der Waals surface area (Å²) in [6.45, 7) is 48.0. The van der Waals surface area contributed by atoms with E-state index in [2.05, 4.69) is 416 Å². The predicted octanol–water partition coefficient (Wildman–Crippen LogP) is 34.1. The van der Waals surface area contributed by atoms with Gasteiger partial charge in [0.1, 0.15) is 32.6 Å². The van der Waals surface area contributed by atoms with Gasteiger partial charge in [-0.3, -0.25) is 4.79 Å². The third-order valence-electron chi connectivity index (χ3n) is 20.9. The van der Waals surface area contributed by atoms with Crippen molar-refractivity contribution >= 4 is 43.8 Å². The van der Waals surface area contributed by atoms with Crippen molar-refractivity contribution in [3.05, 3.63) is 476 Å². The Morgan fingerprint density at radius 2 is 0.754 bits per heavy atom. The highest BCUT2D eigenvalue weighted by Gasteiger charge is 2.06. The number of aliphatic hydroxyl groups is 1. The minimum Gasteiger partial charge on any atom is -0.497 e. The maximum atomic E-state index is 11.0. The van der Waals surface area contributed by atoms with Crippen LogP contribution in [0.1, 0.15) is 221 Å². The maximum Gasteiger partial charge on any atom is 0.212 e. The zero-order chi connectivity index (χ0) is 93.8. The summed E-state index contributed by atoms with van der Waals surface area (Å²) in [5.41, 5.74) is 29.4. The summed E-state index contributed by atoms with van der Waals surface area (Å²) >= 11 is 0. The zero-order valence-electron chi connectivity index (χ0n) is 81.4. The number of para-hydroxylation sites is 1. The first kappa shape index (κ1) is 127. The van der Waals surface area contributed by atoms with Crippen LogP contribution < -0.4 is 23.2 Å². The third kappa shape index (κ3) is 50.6. The Kier molecular flexibility index (Phi) is 67.3. The minimum absolute atomic E-state index is 0. The number of carbonyl (C=O) groups excluding carboxylic acids is 1. The van der Waals surface area contributed by atoms with E-state index in [1.165, 1.54) is 138 Å². The molecule has 13 aromatic carbocycles. The molecular formula is C127H174N3O4+3. The summed E-state index contributed by atoms with van der Waals surface area (Å²) in [5.74, 6) is 2.40. The van der Waals surface area contributed by atoms with Crippen LogP contribution in [0.15, 0.2) is 359 Å². The van der Waals surface area contributed by atoms with E-state index in [4.69, 9.17) is 14.6 Å². The lowest BCUT2D eigenvalue weighted by Gasteiger charge is -2.09. The fraction of sp³-hybridized carbons (Fsp3) is 0.291. The number of ether oxygens (including phenoxy) is 2. The highest BCUT2D eigenvalue weighted by atomic mass is 16.5. The molecule has 3 aromatic heterocycles. The van der Waals surface area contributed by atoms with Crippen LogP contribution in [0.5, 0.6) is 11.5 Å². The number of Topliss-reactive ketones (excluding diaryl/α,β-unsaturated/α-hetero) is 1. The van der Waals surface area contributed by atoms with E-state index < -0.39 is 0 Å². The molecule has 16 aromatic rings. The van der Waals surface area contributed by atoms with Crippen molar-refractivity contribution in [3.63, 3.8) is 0 Å². The number of rotatable bonds is 8. The summed E-state index contributed by atoms with van der Waals surface area (Å²) in [6, 6.07) is 110. The molecule has 16 rings (SSSR count). The molecule has 0 radical (unpaired) electrons. The fourth-order valence-electron chi connectivity index (χ4n) is 12.8. The van der Waals surface area contributed by atoms with Gasteiger partial charge in [-0.15, -0.1) is 0 Å². The molecule has 0 atom stereocenters. The topological polar surface area (TPSA) is 67.4 Å². The van der Waals surface area contributed by atoms with E-state index in [1.54, 1.807) is 33.3 Å². The van der Waals surface area contributed by atoms with Gasteiger partial charge in [-0.05, 0) is 256 Å². The smallest absolute Gasteiger partial charge is 0.212 e. The van der Waals surface area contributed by atoms with Crippen LogP contribution in [-0.4, -0.2) is 25.1 Å². The normalized spacial score (nSPS) is 9.25. The van der Waals surface area contributed by atoms with E-state index in [1.807, 2.05) is 105 Å². The molecule has 0 aliphatic carbocycles. The second-order valence-electron chi connectivity index (χ2n) is 32.7. The van der Waals surface area contributed by atoms with Crippen molar-refractivity contribution in [3.8, 4) is 11.5 Å². The molecule has 134 heavy (non-hydrogen) atoms. The quantitative estimate of drug-likeness (QED) is 0.122. The number of carbonyl (C=O) groups is 1. The number of aliphatic hydroxyl groups excluding tert-OH is 1. The monoisotopic (exact) mass is 1810 g/mol. The van der Waals surface area contributed by atoms with Gasteiger partial charge in [0, 0.05) is 46.7 Å². The maximum absolute atomic E-state index is 11.0. The molecule has 0 amide bonds. The van der Waals surface area contributed by atoms with Gasteiger partial charge >= 0.3 is 0 Å². The average molecular weight is 1810 g/mol. The average Bonchev–Trinajstić information content (AvgIpc) is 0.849. The number of ketones is 1. The molecule has 0 saturated carbocycles. The molecule has 0 unspecified atom stereocenters. The summed E-state index contributed by atoms with van der Waals surface area (Å²) in [7, 11) is 9.37. The number of hydrogen-bond donors (Lipinski definition) is 1. The number of fused-ring (bicyclic) bond motifs is 3. The summed E-state index contributed by atoms with van der Waals surface area (Å²) < 4.78 is 16.2. The number of nitrogens with zero attached hydrogens (tertiary/aromatic N) is 3. The van der Waals surface area contributed by atoms with Crippen molar-refractivity contribution < 1.29 is 33.1 Å². The summed E-state index contributed by atoms with van der Waals surface area (Å²) in [6.07, 6.45) is 12.4. The number of aryl methyl sites for hydroxylation is 20. The van der Waals surface area contributed by atoms with Gasteiger partial charge in [-0.2, -0.15) is 0 Å². The van der Waals surface area contributed by atoms with Gasteiger partial charge in [0.15, 0.2) is 36.8 Å². The van der Waals surface area contributed by atoms with Crippen LogP contribution in [0.2, 0.25) is 0 Å². The molecule has 0 aliphatic heterocycles. The second kappa shape index (κ2) is 70.8. The second-order valence-corrected chi connectivity index (χ2v) is 32.7. The van der Waals surface area contributed by atoms with Crippen molar-refractivity contribution in [2.75, 3.05) is 14.2 Å². The van der Waals surface area contributed by atoms with Crippen LogP contribution >= 0.6 is 0 Å².